The predicted molar refractivity (Wildman–Crippen MR) is 91.9 cm³/mol. The van der Waals surface area contributed by atoms with Crippen molar-refractivity contribution in [2.45, 2.75) is 18.9 Å². The van der Waals surface area contributed by atoms with Crippen LogP contribution in [0, 0.1) is 10.1 Å². The van der Waals surface area contributed by atoms with Crippen molar-refractivity contribution in [3.63, 3.8) is 0 Å². The van der Waals surface area contributed by atoms with E-state index in [0.717, 1.165) is 19.4 Å². The van der Waals surface area contributed by atoms with E-state index in [1.807, 2.05) is 0 Å². The van der Waals surface area contributed by atoms with Crippen LogP contribution in [0.3, 0.4) is 0 Å². The summed E-state index contributed by atoms with van der Waals surface area (Å²) in [4.78, 5) is 24.9. The Morgan fingerprint density at radius 2 is 2.35 bits per heavy atom. The molecule has 2 heterocycles. The number of rotatable bonds is 4. The molecule has 0 spiro atoms. The summed E-state index contributed by atoms with van der Waals surface area (Å²) in [6.07, 6.45) is 3.61. The fourth-order valence-corrected chi connectivity index (χ4v) is 3.80. The second-order valence-electron chi connectivity index (χ2n) is 5.28. The van der Waals surface area contributed by atoms with Crippen molar-refractivity contribution < 1.29 is 14.5 Å². The van der Waals surface area contributed by atoms with Gasteiger partial charge in [0.15, 0.2) is 0 Å². The first-order chi connectivity index (χ1) is 11.0. The number of hydrogen-bond donors (Lipinski definition) is 0. The highest BCUT2D eigenvalue weighted by atomic mass is 32.2. The highest BCUT2D eigenvalue weighted by molar-refractivity contribution is 8.26. The van der Waals surface area contributed by atoms with Crippen LogP contribution < -0.4 is 0 Å². The van der Waals surface area contributed by atoms with Gasteiger partial charge in [0.1, 0.15) is 4.32 Å². The topological polar surface area (TPSA) is 72.7 Å². The highest BCUT2D eigenvalue weighted by Crippen LogP contribution is 2.33. The minimum atomic E-state index is -0.458. The molecule has 0 radical (unpaired) electrons. The van der Waals surface area contributed by atoms with Gasteiger partial charge in [-0.05, 0) is 24.5 Å². The fourth-order valence-electron chi connectivity index (χ4n) is 2.53. The SMILES string of the molecule is O=C1/C(=C/c2cccc([N+](=O)[O-])c2)SC(=S)N1C[C@@H]1CCCO1. The van der Waals surface area contributed by atoms with Crippen molar-refractivity contribution in [3.8, 4) is 0 Å². The van der Waals surface area contributed by atoms with E-state index >= 15 is 0 Å². The van der Waals surface area contributed by atoms with Crippen LogP contribution in [-0.4, -0.2) is 39.3 Å². The molecule has 2 saturated heterocycles. The molecule has 0 aliphatic carbocycles. The third kappa shape index (κ3) is 3.60. The Labute approximate surface area is 142 Å². The van der Waals surface area contributed by atoms with Crippen LogP contribution in [-0.2, 0) is 9.53 Å². The van der Waals surface area contributed by atoms with Gasteiger partial charge in [0.25, 0.3) is 11.6 Å². The molecular formula is C15H14N2O4S2. The van der Waals surface area contributed by atoms with Crippen molar-refractivity contribution in [2.24, 2.45) is 0 Å². The highest BCUT2D eigenvalue weighted by Gasteiger charge is 2.34. The van der Waals surface area contributed by atoms with Crippen LogP contribution in [0.25, 0.3) is 6.08 Å². The number of nitro groups is 1. The monoisotopic (exact) mass is 350 g/mol. The summed E-state index contributed by atoms with van der Waals surface area (Å²) in [5.74, 6) is -0.165. The normalized spacial score (nSPS) is 23.0. The molecule has 120 valence electrons. The molecule has 0 N–H and O–H groups in total. The van der Waals surface area contributed by atoms with Crippen LogP contribution >= 0.6 is 24.0 Å². The quantitative estimate of drug-likeness (QED) is 0.360. The van der Waals surface area contributed by atoms with Gasteiger partial charge in [-0.25, -0.2) is 0 Å². The van der Waals surface area contributed by atoms with E-state index in [1.165, 1.54) is 23.9 Å². The molecule has 1 aromatic carbocycles. The van der Waals surface area contributed by atoms with Crippen molar-refractivity contribution in [3.05, 3.63) is 44.8 Å². The lowest BCUT2D eigenvalue weighted by Crippen LogP contribution is -2.35. The Hall–Kier alpha value is -1.77. The molecule has 6 nitrogen and oxygen atoms in total. The molecule has 3 rings (SSSR count). The van der Waals surface area contributed by atoms with E-state index in [-0.39, 0.29) is 17.7 Å². The maximum Gasteiger partial charge on any atom is 0.270 e. The third-order valence-electron chi connectivity index (χ3n) is 3.66. The summed E-state index contributed by atoms with van der Waals surface area (Å²) in [5.41, 5.74) is 0.602. The predicted octanol–water partition coefficient (Wildman–Crippen LogP) is 2.98. The smallest absolute Gasteiger partial charge is 0.270 e. The second kappa shape index (κ2) is 6.77. The summed E-state index contributed by atoms with van der Waals surface area (Å²) >= 11 is 6.49. The zero-order chi connectivity index (χ0) is 16.4. The summed E-state index contributed by atoms with van der Waals surface area (Å²) < 4.78 is 6.05. The number of nitro benzene ring substituents is 1. The second-order valence-corrected chi connectivity index (χ2v) is 6.96. The standard InChI is InChI=1S/C15H14N2O4S2/c18-14-13(8-10-3-1-4-11(7-10)17(19)20)23-15(22)16(14)9-12-5-2-6-21-12/h1,3-4,7-8,12H,2,5-6,9H2/b13-8-/t12-/m0/s1. The number of carbonyl (C=O) groups excluding carboxylic acids is 1. The van der Waals surface area contributed by atoms with Crippen molar-refractivity contribution in [1.82, 2.24) is 4.90 Å². The number of carbonyl (C=O) groups is 1. The van der Waals surface area contributed by atoms with Crippen molar-refractivity contribution in [1.29, 1.82) is 0 Å². The van der Waals surface area contributed by atoms with E-state index in [1.54, 1.807) is 23.1 Å². The fraction of sp³-hybridized carbons (Fsp3) is 0.333. The third-order valence-corrected chi connectivity index (χ3v) is 5.04. The van der Waals surface area contributed by atoms with Gasteiger partial charge in [0, 0.05) is 18.7 Å². The lowest BCUT2D eigenvalue weighted by atomic mass is 10.2. The van der Waals surface area contributed by atoms with E-state index in [0.29, 0.717) is 21.3 Å². The van der Waals surface area contributed by atoms with Crippen LogP contribution in [0.1, 0.15) is 18.4 Å². The minimum Gasteiger partial charge on any atom is -0.376 e. The van der Waals surface area contributed by atoms with Crippen LogP contribution in [0.15, 0.2) is 29.2 Å². The maximum absolute atomic E-state index is 12.5. The molecule has 0 saturated carbocycles. The first-order valence-corrected chi connectivity index (χ1v) is 8.38. The summed E-state index contributed by atoms with van der Waals surface area (Å²) in [7, 11) is 0. The van der Waals surface area contributed by atoms with Crippen LogP contribution in [0.5, 0.6) is 0 Å². The molecule has 0 bridgehead atoms. The average Bonchev–Trinajstić information content (AvgIpc) is 3.12. The van der Waals surface area contributed by atoms with E-state index in [2.05, 4.69) is 0 Å². The number of ether oxygens (including phenoxy) is 1. The first kappa shape index (κ1) is 16.1. The zero-order valence-corrected chi connectivity index (χ0v) is 13.8. The number of amides is 1. The number of thiocarbonyl (C=S) groups is 1. The summed E-state index contributed by atoms with van der Waals surface area (Å²) in [5, 5.41) is 10.8. The van der Waals surface area contributed by atoms with Crippen LogP contribution in [0.4, 0.5) is 5.69 Å². The lowest BCUT2D eigenvalue weighted by Gasteiger charge is -2.18. The molecule has 0 unspecified atom stereocenters. The number of benzene rings is 1. The Morgan fingerprint density at radius 3 is 3.04 bits per heavy atom. The van der Waals surface area contributed by atoms with E-state index < -0.39 is 4.92 Å². The molecule has 2 aliphatic rings. The van der Waals surface area contributed by atoms with Gasteiger partial charge in [0.05, 0.1) is 22.5 Å². The zero-order valence-electron chi connectivity index (χ0n) is 12.1. The van der Waals surface area contributed by atoms with Gasteiger partial charge < -0.3 is 4.74 Å². The largest absolute Gasteiger partial charge is 0.376 e. The van der Waals surface area contributed by atoms with Gasteiger partial charge >= 0.3 is 0 Å². The molecule has 1 aromatic rings. The molecule has 1 atom stereocenters. The average molecular weight is 350 g/mol. The lowest BCUT2D eigenvalue weighted by molar-refractivity contribution is -0.384. The number of non-ortho nitro benzene ring substituents is 1. The van der Waals surface area contributed by atoms with Gasteiger partial charge in [-0.15, -0.1) is 0 Å². The molecule has 2 fully saturated rings. The molecular weight excluding hydrogens is 336 g/mol. The van der Waals surface area contributed by atoms with Gasteiger partial charge in [-0.1, -0.05) is 36.1 Å². The Kier molecular flexibility index (Phi) is 4.74. The Balaban J connectivity index is 1.78. The summed E-state index contributed by atoms with van der Waals surface area (Å²) in [6, 6.07) is 6.17. The van der Waals surface area contributed by atoms with Crippen molar-refractivity contribution >= 4 is 46.0 Å². The maximum atomic E-state index is 12.5. The van der Waals surface area contributed by atoms with Gasteiger partial charge in [-0.2, -0.15) is 0 Å². The molecule has 0 aromatic heterocycles. The molecule has 23 heavy (non-hydrogen) atoms. The first-order valence-electron chi connectivity index (χ1n) is 7.16. The molecule has 8 heteroatoms. The van der Waals surface area contributed by atoms with Gasteiger partial charge in [-0.3, -0.25) is 19.8 Å². The molecule has 1 amide bonds. The number of thioether (sulfide) groups is 1. The summed E-state index contributed by atoms with van der Waals surface area (Å²) in [6.45, 7) is 1.19. The van der Waals surface area contributed by atoms with Gasteiger partial charge in [0.2, 0.25) is 0 Å². The molecule has 2 aliphatic heterocycles. The Morgan fingerprint density at radius 1 is 1.52 bits per heavy atom. The van der Waals surface area contributed by atoms with Crippen molar-refractivity contribution in [2.75, 3.05) is 13.2 Å². The number of hydrogen-bond acceptors (Lipinski definition) is 6. The Bertz CT molecular complexity index is 698. The van der Waals surface area contributed by atoms with E-state index in [4.69, 9.17) is 17.0 Å². The minimum absolute atomic E-state index is 0.00594. The number of nitrogens with zero attached hydrogens (tertiary/aromatic N) is 2. The van der Waals surface area contributed by atoms with E-state index in [9.17, 15) is 14.9 Å². The van der Waals surface area contributed by atoms with Crippen LogP contribution in [0.2, 0.25) is 0 Å².